The number of aromatic amines is 1. The molecule has 1 heterocycles. The second-order valence-electron chi connectivity index (χ2n) is 2.77. The zero-order valence-electron chi connectivity index (χ0n) is 7.97. The van der Waals surface area contributed by atoms with Gasteiger partial charge in [0.05, 0.1) is 11.1 Å². The van der Waals surface area contributed by atoms with E-state index in [0.717, 1.165) is 6.21 Å². The van der Waals surface area contributed by atoms with Gasteiger partial charge in [-0.25, -0.2) is 0 Å². The highest BCUT2D eigenvalue weighted by Gasteiger charge is 2.11. The molecule has 0 saturated carbocycles. The highest BCUT2D eigenvalue weighted by molar-refractivity contribution is 5.96. The molecule has 74 valence electrons. The molecule has 0 fully saturated rings. The first-order chi connectivity index (χ1) is 6.61. The van der Waals surface area contributed by atoms with Gasteiger partial charge in [-0.3, -0.25) is 9.59 Å². The number of pyridine rings is 1. The Hall–Kier alpha value is -1.91. The maximum atomic E-state index is 11.6. The average molecular weight is 193 g/mol. The Morgan fingerprint density at radius 2 is 2.29 bits per heavy atom. The zero-order chi connectivity index (χ0) is 10.7. The highest BCUT2D eigenvalue weighted by Crippen LogP contribution is 2.05. The van der Waals surface area contributed by atoms with Crippen LogP contribution in [-0.4, -0.2) is 24.0 Å². The van der Waals surface area contributed by atoms with E-state index in [2.05, 4.69) is 10.3 Å². The van der Waals surface area contributed by atoms with E-state index >= 15 is 0 Å². The Labute approximate surface area is 80.7 Å². The lowest BCUT2D eigenvalue weighted by Crippen LogP contribution is -2.19. The number of hydrogen-bond donors (Lipinski definition) is 3. The topological polar surface area (TPSA) is 85.8 Å². The molecule has 5 heteroatoms. The van der Waals surface area contributed by atoms with Crippen LogP contribution in [0.3, 0.4) is 0 Å². The van der Waals surface area contributed by atoms with E-state index in [1.807, 2.05) is 0 Å². The van der Waals surface area contributed by atoms with Gasteiger partial charge < -0.3 is 15.7 Å². The summed E-state index contributed by atoms with van der Waals surface area (Å²) in [5, 5.41) is 9.81. The fourth-order valence-corrected chi connectivity index (χ4v) is 1.15. The van der Waals surface area contributed by atoms with E-state index in [1.54, 1.807) is 7.05 Å². The first-order valence-corrected chi connectivity index (χ1v) is 4.06. The number of anilines is 1. The number of carbonyl (C=O) groups excluding carboxylic acids is 1. The van der Waals surface area contributed by atoms with Crippen LogP contribution in [0.1, 0.15) is 22.8 Å². The van der Waals surface area contributed by atoms with Crippen LogP contribution in [-0.2, 0) is 0 Å². The normalized spacial score (nSPS) is 9.57. The standard InChI is InChI=1S/C9H11N3O2/c1-5(13)7-4-12-9(11-2)6(3-10)8(7)14/h3-4,10H,1-2H3,(H2,11,12,14). The van der Waals surface area contributed by atoms with Crippen molar-refractivity contribution in [3.8, 4) is 0 Å². The molecule has 1 aromatic heterocycles. The van der Waals surface area contributed by atoms with Crippen LogP contribution in [0.15, 0.2) is 11.0 Å². The van der Waals surface area contributed by atoms with Crippen molar-refractivity contribution >= 4 is 17.8 Å². The van der Waals surface area contributed by atoms with Gasteiger partial charge >= 0.3 is 0 Å². The van der Waals surface area contributed by atoms with Crippen LogP contribution in [0.25, 0.3) is 0 Å². The predicted molar refractivity (Wildman–Crippen MR) is 54.5 cm³/mol. The van der Waals surface area contributed by atoms with Crippen LogP contribution in [0, 0.1) is 5.41 Å². The van der Waals surface area contributed by atoms with Crippen molar-refractivity contribution in [1.82, 2.24) is 4.98 Å². The number of Topliss-reactive ketones (excluding diaryl/α,β-unsaturated/α-hetero) is 1. The molecule has 0 aliphatic heterocycles. The highest BCUT2D eigenvalue weighted by atomic mass is 16.1. The number of aromatic nitrogens is 1. The summed E-state index contributed by atoms with van der Waals surface area (Å²) in [6, 6.07) is 0. The van der Waals surface area contributed by atoms with E-state index in [1.165, 1.54) is 13.1 Å². The molecule has 1 aromatic rings. The third-order valence-electron chi connectivity index (χ3n) is 1.89. The molecule has 5 nitrogen and oxygen atoms in total. The number of hydrogen-bond acceptors (Lipinski definition) is 4. The fraction of sp³-hybridized carbons (Fsp3) is 0.222. The van der Waals surface area contributed by atoms with Crippen molar-refractivity contribution in [2.24, 2.45) is 0 Å². The predicted octanol–water partition coefficient (Wildman–Crippen LogP) is 0.617. The number of nitrogens with one attached hydrogen (secondary N) is 3. The van der Waals surface area contributed by atoms with E-state index in [9.17, 15) is 9.59 Å². The van der Waals surface area contributed by atoms with Crippen molar-refractivity contribution < 1.29 is 4.79 Å². The Kier molecular flexibility index (Phi) is 2.81. The molecule has 0 radical (unpaired) electrons. The van der Waals surface area contributed by atoms with Crippen molar-refractivity contribution in [2.45, 2.75) is 6.92 Å². The summed E-state index contributed by atoms with van der Waals surface area (Å²) < 4.78 is 0. The Morgan fingerprint density at radius 1 is 1.64 bits per heavy atom. The van der Waals surface area contributed by atoms with Gasteiger partial charge in [0.2, 0.25) is 5.43 Å². The molecule has 1 rings (SSSR count). The molecular formula is C9H11N3O2. The lowest BCUT2D eigenvalue weighted by molar-refractivity contribution is 0.101. The quantitative estimate of drug-likeness (QED) is 0.485. The van der Waals surface area contributed by atoms with Gasteiger partial charge in [-0.05, 0) is 6.92 Å². The van der Waals surface area contributed by atoms with Gasteiger partial charge in [-0.1, -0.05) is 0 Å². The summed E-state index contributed by atoms with van der Waals surface area (Å²) in [5.41, 5.74) is -0.182. The molecule has 0 spiro atoms. The maximum absolute atomic E-state index is 11.6. The minimum Gasteiger partial charge on any atom is -0.374 e. The minimum absolute atomic E-state index is 0.0718. The third kappa shape index (κ3) is 1.56. The third-order valence-corrected chi connectivity index (χ3v) is 1.89. The molecule has 0 aliphatic rings. The van der Waals surface area contributed by atoms with Crippen LogP contribution in [0.4, 0.5) is 5.82 Å². The first kappa shape index (κ1) is 10.2. The largest absolute Gasteiger partial charge is 0.374 e. The zero-order valence-corrected chi connectivity index (χ0v) is 7.97. The summed E-state index contributed by atoms with van der Waals surface area (Å²) in [4.78, 5) is 25.4. The van der Waals surface area contributed by atoms with Crippen molar-refractivity contribution in [2.75, 3.05) is 12.4 Å². The summed E-state index contributed by atoms with van der Waals surface area (Å²) in [7, 11) is 1.63. The molecule has 0 amide bonds. The van der Waals surface area contributed by atoms with Crippen LogP contribution >= 0.6 is 0 Å². The van der Waals surface area contributed by atoms with E-state index in [0.29, 0.717) is 5.82 Å². The average Bonchev–Trinajstić information content (AvgIpc) is 2.16. The summed E-state index contributed by atoms with van der Waals surface area (Å²) >= 11 is 0. The number of rotatable bonds is 3. The molecule has 0 unspecified atom stereocenters. The molecule has 0 aromatic carbocycles. The Balaban J connectivity index is 3.50. The Bertz CT molecular complexity index is 434. The molecule has 3 N–H and O–H groups in total. The second kappa shape index (κ2) is 3.87. The fourth-order valence-electron chi connectivity index (χ4n) is 1.15. The summed E-state index contributed by atoms with van der Waals surface area (Å²) in [6.45, 7) is 1.32. The van der Waals surface area contributed by atoms with Crippen LogP contribution in [0.2, 0.25) is 0 Å². The van der Waals surface area contributed by atoms with Crippen LogP contribution in [0.5, 0.6) is 0 Å². The molecule has 0 saturated heterocycles. The van der Waals surface area contributed by atoms with Crippen molar-refractivity contribution in [3.63, 3.8) is 0 Å². The molecule has 0 bridgehead atoms. The van der Waals surface area contributed by atoms with Gasteiger partial charge in [0.25, 0.3) is 0 Å². The van der Waals surface area contributed by atoms with Crippen molar-refractivity contribution in [1.29, 1.82) is 5.41 Å². The molecule has 14 heavy (non-hydrogen) atoms. The monoisotopic (exact) mass is 193 g/mol. The molecular weight excluding hydrogens is 182 g/mol. The minimum atomic E-state index is -0.421. The van der Waals surface area contributed by atoms with Crippen LogP contribution < -0.4 is 10.7 Å². The lowest BCUT2D eigenvalue weighted by Gasteiger charge is -2.04. The lowest BCUT2D eigenvalue weighted by atomic mass is 10.1. The SMILES string of the molecule is CNc1[nH]cc(C(C)=O)c(=O)c1C=N. The number of carbonyl (C=O) groups is 1. The van der Waals surface area contributed by atoms with E-state index in [-0.39, 0.29) is 16.9 Å². The Morgan fingerprint density at radius 3 is 2.71 bits per heavy atom. The van der Waals surface area contributed by atoms with E-state index in [4.69, 9.17) is 5.41 Å². The van der Waals surface area contributed by atoms with Gasteiger partial charge in [-0.15, -0.1) is 0 Å². The second-order valence-corrected chi connectivity index (χ2v) is 2.77. The first-order valence-electron chi connectivity index (χ1n) is 4.06. The summed E-state index contributed by atoms with van der Waals surface area (Å²) in [6.07, 6.45) is 2.28. The van der Waals surface area contributed by atoms with Gasteiger partial charge in [0, 0.05) is 19.5 Å². The van der Waals surface area contributed by atoms with Gasteiger partial charge in [0.15, 0.2) is 5.78 Å². The molecule has 0 atom stereocenters. The van der Waals surface area contributed by atoms with E-state index < -0.39 is 5.43 Å². The van der Waals surface area contributed by atoms with Gasteiger partial charge in [-0.2, -0.15) is 0 Å². The summed E-state index contributed by atoms with van der Waals surface area (Å²) in [5.74, 6) is 0.131. The smallest absolute Gasteiger partial charge is 0.203 e. The number of ketones is 1. The molecule has 0 aliphatic carbocycles. The van der Waals surface area contributed by atoms with Gasteiger partial charge in [0.1, 0.15) is 5.82 Å². The maximum Gasteiger partial charge on any atom is 0.203 e. The van der Waals surface area contributed by atoms with Crippen molar-refractivity contribution in [3.05, 3.63) is 27.5 Å². The number of H-pyrrole nitrogens is 1.